The summed E-state index contributed by atoms with van der Waals surface area (Å²) in [6.45, 7) is 4.14. The van der Waals surface area contributed by atoms with Crippen LogP contribution in [0.15, 0.2) is 42.5 Å². The maximum absolute atomic E-state index is 14.1. The fourth-order valence-electron chi connectivity index (χ4n) is 4.04. The Kier molecular flexibility index (Phi) is 9.63. The van der Waals surface area contributed by atoms with Crippen LogP contribution >= 0.6 is 23.4 Å². The van der Waals surface area contributed by atoms with Crippen molar-refractivity contribution < 1.29 is 14.0 Å². The van der Waals surface area contributed by atoms with Gasteiger partial charge in [-0.3, -0.25) is 9.59 Å². The van der Waals surface area contributed by atoms with Crippen LogP contribution in [0.3, 0.4) is 0 Å². The van der Waals surface area contributed by atoms with Gasteiger partial charge in [0.15, 0.2) is 0 Å². The summed E-state index contributed by atoms with van der Waals surface area (Å²) in [7, 11) is 0. The van der Waals surface area contributed by atoms with Gasteiger partial charge < -0.3 is 10.2 Å². The molecule has 1 N–H and O–H groups in total. The number of halogens is 2. The molecule has 178 valence electrons. The quantitative estimate of drug-likeness (QED) is 0.477. The fourth-order valence-corrected chi connectivity index (χ4v) is 5.28. The average Bonchev–Trinajstić information content (AvgIpc) is 2.80. The summed E-state index contributed by atoms with van der Waals surface area (Å²) in [5.41, 5.74) is 2.50. The van der Waals surface area contributed by atoms with Crippen molar-refractivity contribution in [1.82, 2.24) is 10.2 Å². The smallest absolute Gasteiger partial charge is 0.242 e. The second kappa shape index (κ2) is 12.4. The molecule has 1 fully saturated rings. The van der Waals surface area contributed by atoms with Crippen LogP contribution in [0.1, 0.15) is 55.7 Å². The van der Waals surface area contributed by atoms with Crippen molar-refractivity contribution >= 4 is 35.2 Å². The van der Waals surface area contributed by atoms with Crippen molar-refractivity contribution in [2.75, 3.05) is 5.75 Å². The van der Waals surface area contributed by atoms with Crippen molar-refractivity contribution in [2.24, 2.45) is 0 Å². The third-order valence-corrected chi connectivity index (χ3v) is 7.42. The summed E-state index contributed by atoms with van der Waals surface area (Å²) in [5.74, 6) is -0.224. The summed E-state index contributed by atoms with van der Waals surface area (Å²) in [6.07, 6.45) is 5.44. The van der Waals surface area contributed by atoms with E-state index < -0.39 is 6.04 Å². The second-order valence-electron chi connectivity index (χ2n) is 8.72. The molecule has 7 heteroatoms. The zero-order valence-electron chi connectivity index (χ0n) is 19.3. The minimum absolute atomic E-state index is 0.121. The molecule has 3 rings (SSSR count). The first-order valence-electron chi connectivity index (χ1n) is 11.5. The maximum atomic E-state index is 14.1. The van der Waals surface area contributed by atoms with E-state index in [1.165, 1.54) is 24.2 Å². The van der Waals surface area contributed by atoms with Crippen molar-refractivity contribution in [3.8, 4) is 0 Å². The molecule has 2 aromatic carbocycles. The molecule has 1 saturated carbocycles. The lowest BCUT2D eigenvalue weighted by atomic mass is 9.95. The summed E-state index contributed by atoms with van der Waals surface area (Å²) in [6, 6.07) is 12.1. The molecule has 2 amide bonds. The number of carbonyl (C=O) groups excluding carboxylic acids is 2. The molecule has 1 unspecified atom stereocenters. The molecule has 0 spiro atoms. The molecule has 0 aromatic heterocycles. The Balaban J connectivity index is 1.67. The van der Waals surface area contributed by atoms with Crippen molar-refractivity contribution in [2.45, 2.75) is 70.3 Å². The van der Waals surface area contributed by atoms with E-state index in [1.807, 2.05) is 31.2 Å². The predicted molar refractivity (Wildman–Crippen MR) is 134 cm³/mol. The van der Waals surface area contributed by atoms with Gasteiger partial charge in [0.2, 0.25) is 11.8 Å². The third-order valence-electron chi connectivity index (χ3n) is 6.13. The summed E-state index contributed by atoms with van der Waals surface area (Å²) < 4.78 is 14.1. The summed E-state index contributed by atoms with van der Waals surface area (Å²) in [5, 5.41) is 3.49. The minimum Gasteiger partial charge on any atom is -0.352 e. The van der Waals surface area contributed by atoms with E-state index in [0.717, 1.165) is 36.8 Å². The number of hydrogen-bond donors (Lipinski definition) is 1. The van der Waals surface area contributed by atoms with Crippen molar-refractivity contribution in [3.05, 3.63) is 70.0 Å². The van der Waals surface area contributed by atoms with Crippen LogP contribution in [0.4, 0.5) is 4.39 Å². The SMILES string of the molecule is Cc1ccc(CN(C(=O)CSCc2c(F)cccc2Cl)C(C)C(=O)NC2CCCCC2)cc1. The molecule has 4 nitrogen and oxygen atoms in total. The highest BCUT2D eigenvalue weighted by Gasteiger charge is 2.28. The van der Waals surface area contributed by atoms with Crippen LogP contribution in [-0.4, -0.2) is 34.6 Å². The van der Waals surface area contributed by atoms with Gasteiger partial charge in [-0.1, -0.05) is 66.8 Å². The molecule has 0 heterocycles. The van der Waals surface area contributed by atoms with E-state index >= 15 is 0 Å². The number of aryl methyl sites for hydroxylation is 1. The van der Waals surface area contributed by atoms with Gasteiger partial charge in [-0.25, -0.2) is 4.39 Å². The highest BCUT2D eigenvalue weighted by atomic mass is 35.5. The van der Waals surface area contributed by atoms with Crippen LogP contribution in [0, 0.1) is 12.7 Å². The Morgan fingerprint density at radius 3 is 2.52 bits per heavy atom. The first-order valence-corrected chi connectivity index (χ1v) is 13.0. The second-order valence-corrected chi connectivity index (χ2v) is 10.1. The van der Waals surface area contributed by atoms with Gasteiger partial charge in [0, 0.05) is 28.9 Å². The molecule has 0 bridgehead atoms. The van der Waals surface area contributed by atoms with Crippen LogP contribution < -0.4 is 5.32 Å². The van der Waals surface area contributed by atoms with Gasteiger partial charge >= 0.3 is 0 Å². The lowest BCUT2D eigenvalue weighted by molar-refractivity contribution is -0.139. The molecule has 1 atom stereocenters. The van der Waals surface area contributed by atoms with Gasteiger partial charge in [0.25, 0.3) is 0 Å². The van der Waals surface area contributed by atoms with E-state index in [1.54, 1.807) is 24.0 Å². The first-order chi connectivity index (χ1) is 15.8. The zero-order valence-corrected chi connectivity index (χ0v) is 20.9. The molecule has 0 radical (unpaired) electrons. The Morgan fingerprint density at radius 1 is 1.15 bits per heavy atom. The zero-order chi connectivity index (χ0) is 23.8. The molecule has 1 aliphatic carbocycles. The van der Waals surface area contributed by atoms with Crippen LogP contribution in [0.25, 0.3) is 0 Å². The molecular formula is C26H32ClFN2O2S. The Bertz CT molecular complexity index is 928. The molecular weight excluding hydrogens is 459 g/mol. The number of carbonyl (C=O) groups is 2. The van der Waals surface area contributed by atoms with Gasteiger partial charge in [-0.2, -0.15) is 0 Å². The number of nitrogens with one attached hydrogen (secondary N) is 1. The van der Waals surface area contributed by atoms with Gasteiger partial charge in [-0.05, 0) is 44.4 Å². The molecule has 0 saturated heterocycles. The van der Waals surface area contributed by atoms with Crippen LogP contribution in [0.2, 0.25) is 5.02 Å². The molecule has 2 aromatic rings. The lowest BCUT2D eigenvalue weighted by Gasteiger charge is -2.31. The Labute approximate surface area is 205 Å². The number of amides is 2. The first kappa shape index (κ1) is 25.6. The maximum Gasteiger partial charge on any atom is 0.242 e. The van der Waals surface area contributed by atoms with Crippen molar-refractivity contribution in [1.29, 1.82) is 0 Å². The summed E-state index contributed by atoms with van der Waals surface area (Å²) >= 11 is 7.41. The average molecular weight is 491 g/mol. The van der Waals surface area contributed by atoms with E-state index in [2.05, 4.69) is 5.32 Å². The molecule has 0 aliphatic heterocycles. The topological polar surface area (TPSA) is 49.4 Å². The molecule has 1 aliphatic rings. The fraction of sp³-hybridized carbons (Fsp3) is 0.462. The van der Waals surface area contributed by atoms with E-state index in [9.17, 15) is 14.0 Å². The number of hydrogen-bond acceptors (Lipinski definition) is 3. The summed E-state index contributed by atoms with van der Waals surface area (Å²) in [4.78, 5) is 27.8. The third kappa shape index (κ3) is 7.47. The number of thioether (sulfide) groups is 1. The Hall–Kier alpha value is -2.05. The Morgan fingerprint density at radius 2 is 1.85 bits per heavy atom. The standard InChI is InChI=1S/C26H32ClFN2O2S/c1-18-11-13-20(14-12-18)15-30(19(2)26(32)29-21-7-4-3-5-8-21)25(31)17-33-16-22-23(27)9-6-10-24(22)28/h6,9-14,19,21H,3-5,7-8,15-17H2,1-2H3,(H,29,32). The van der Waals surface area contributed by atoms with E-state index in [0.29, 0.717) is 17.1 Å². The molecule has 33 heavy (non-hydrogen) atoms. The van der Waals surface area contributed by atoms with E-state index in [4.69, 9.17) is 11.6 Å². The lowest BCUT2D eigenvalue weighted by Crippen LogP contribution is -2.50. The number of rotatable bonds is 9. The number of nitrogens with zero attached hydrogens (tertiary/aromatic N) is 1. The number of benzene rings is 2. The van der Waals surface area contributed by atoms with Gasteiger partial charge in [0.05, 0.1) is 5.75 Å². The predicted octanol–water partition coefficient (Wildman–Crippen LogP) is 5.89. The van der Waals surface area contributed by atoms with Crippen LogP contribution in [-0.2, 0) is 21.9 Å². The highest BCUT2D eigenvalue weighted by molar-refractivity contribution is 7.99. The van der Waals surface area contributed by atoms with Crippen molar-refractivity contribution in [3.63, 3.8) is 0 Å². The van der Waals surface area contributed by atoms with Gasteiger partial charge in [-0.15, -0.1) is 11.8 Å². The highest BCUT2D eigenvalue weighted by Crippen LogP contribution is 2.25. The monoisotopic (exact) mass is 490 g/mol. The van der Waals surface area contributed by atoms with Crippen LogP contribution in [0.5, 0.6) is 0 Å². The van der Waals surface area contributed by atoms with Gasteiger partial charge in [0.1, 0.15) is 11.9 Å². The van der Waals surface area contributed by atoms with E-state index in [-0.39, 0.29) is 35.2 Å². The minimum atomic E-state index is -0.599. The largest absolute Gasteiger partial charge is 0.352 e. The normalized spacial score (nSPS) is 15.2.